The average Bonchev–Trinajstić information content (AvgIpc) is 2.79. The maximum Gasteiger partial charge on any atom is 0.352 e. The Kier molecular flexibility index (Phi) is 2.40. The zero-order valence-corrected chi connectivity index (χ0v) is 7.76. The molecule has 1 rings (SSSR count). The van der Waals surface area contributed by atoms with Crippen molar-refractivity contribution in [2.75, 3.05) is 0 Å². The molecular weight excluding hydrogens is 170 g/mol. The SMILES string of the molecule is C/C=C(\NC(=O)C1(C)CC1)C(=O)O. The molecule has 0 aromatic heterocycles. The maximum absolute atomic E-state index is 11.4. The number of carboxylic acid groups (broad SMARTS) is 1. The molecule has 1 aliphatic carbocycles. The Labute approximate surface area is 76.6 Å². The molecule has 1 aliphatic rings. The van der Waals surface area contributed by atoms with Crippen LogP contribution in [-0.4, -0.2) is 17.0 Å². The second kappa shape index (κ2) is 3.20. The molecule has 0 aromatic rings. The fraction of sp³-hybridized carbons (Fsp3) is 0.556. The topological polar surface area (TPSA) is 66.4 Å². The number of nitrogens with one attached hydrogen (secondary N) is 1. The van der Waals surface area contributed by atoms with Gasteiger partial charge in [0, 0.05) is 5.41 Å². The van der Waals surface area contributed by atoms with Crippen LogP contribution in [0.5, 0.6) is 0 Å². The number of hydrogen-bond acceptors (Lipinski definition) is 2. The van der Waals surface area contributed by atoms with E-state index in [9.17, 15) is 9.59 Å². The van der Waals surface area contributed by atoms with E-state index in [1.807, 2.05) is 6.92 Å². The molecule has 2 N–H and O–H groups in total. The highest BCUT2D eigenvalue weighted by molar-refractivity contribution is 5.95. The molecule has 0 heterocycles. The van der Waals surface area contributed by atoms with Gasteiger partial charge >= 0.3 is 5.97 Å². The first-order chi connectivity index (χ1) is 5.99. The van der Waals surface area contributed by atoms with Crippen LogP contribution in [0, 0.1) is 5.41 Å². The Morgan fingerprint density at radius 1 is 1.46 bits per heavy atom. The Balaban J connectivity index is 2.57. The summed E-state index contributed by atoms with van der Waals surface area (Å²) in [4.78, 5) is 21.9. The molecule has 0 unspecified atom stereocenters. The van der Waals surface area contributed by atoms with Crippen LogP contribution in [-0.2, 0) is 9.59 Å². The summed E-state index contributed by atoms with van der Waals surface area (Å²) in [5.74, 6) is -1.29. The van der Waals surface area contributed by atoms with E-state index in [0.717, 1.165) is 12.8 Å². The summed E-state index contributed by atoms with van der Waals surface area (Å²) in [6, 6.07) is 0. The van der Waals surface area contributed by atoms with Crippen LogP contribution in [0.4, 0.5) is 0 Å². The standard InChI is InChI=1S/C9H13NO3/c1-3-6(7(11)12)10-8(13)9(2)4-5-9/h3H,4-5H2,1-2H3,(H,10,13)(H,11,12)/b6-3-. The number of carboxylic acids is 1. The number of amides is 1. The zero-order chi connectivity index (χ0) is 10.1. The van der Waals surface area contributed by atoms with Crippen molar-refractivity contribution in [3.05, 3.63) is 11.8 Å². The normalized spacial score (nSPS) is 19.4. The van der Waals surface area contributed by atoms with Gasteiger partial charge in [-0.15, -0.1) is 0 Å². The van der Waals surface area contributed by atoms with E-state index in [2.05, 4.69) is 5.32 Å². The lowest BCUT2D eigenvalue weighted by Gasteiger charge is -2.09. The van der Waals surface area contributed by atoms with Crippen molar-refractivity contribution >= 4 is 11.9 Å². The predicted molar refractivity (Wildman–Crippen MR) is 46.9 cm³/mol. The van der Waals surface area contributed by atoms with Crippen molar-refractivity contribution in [3.63, 3.8) is 0 Å². The molecule has 1 amide bonds. The lowest BCUT2D eigenvalue weighted by Crippen LogP contribution is -2.32. The van der Waals surface area contributed by atoms with Gasteiger partial charge in [-0.2, -0.15) is 0 Å². The third-order valence-electron chi connectivity index (χ3n) is 2.32. The van der Waals surface area contributed by atoms with E-state index in [1.165, 1.54) is 6.08 Å². The van der Waals surface area contributed by atoms with E-state index in [1.54, 1.807) is 6.92 Å². The van der Waals surface area contributed by atoms with Gasteiger partial charge in [0.05, 0.1) is 0 Å². The van der Waals surface area contributed by atoms with Crippen molar-refractivity contribution in [2.45, 2.75) is 26.7 Å². The van der Waals surface area contributed by atoms with Crippen LogP contribution in [0.3, 0.4) is 0 Å². The van der Waals surface area contributed by atoms with Crippen molar-refractivity contribution in [3.8, 4) is 0 Å². The van der Waals surface area contributed by atoms with Crippen LogP contribution in [0.25, 0.3) is 0 Å². The third kappa shape index (κ3) is 2.08. The lowest BCUT2D eigenvalue weighted by atomic mass is 10.1. The summed E-state index contributed by atoms with van der Waals surface area (Å²) >= 11 is 0. The van der Waals surface area contributed by atoms with Crippen LogP contribution in [0.15, 0.2) is 11.8 Å². The molecule has 1 fully saturated rings. The average molecular weight is 183 g/mol. The van der Waals surface area contributed by atoms with Gasteiger partial charge in [0.15, 0.2) is 0 Å². The van der Waals surface area contributed by atoms with Crippen molar-refractivity contribution in [2.24, 2.45) is 5.41 Å². The fourth-order valence-electron chi connectivity index (χ4n) is 0.937. The van der Waals surface area contributed by atoms with Crippen LogP contribution in [0.2, 0.25) is 0 Å². The van der Waals surface area contributed by atoms with Crippen molar-refractivity contribution in [1.29, 1.82) is 0 Å². The molecule has 4 nitrogen and oxygen atoms in total. The number of allylic oxidation sites excluding steroid dienone is 1. The van der Waals surface area contributed by atoms with E-state index in [4.69, 9.17) is 5.11 Å². The van der Waals surface area contributed by atoms with E-state index in [-0.39, 0.29) is 17.0 Å². The summed E-state index contributed by atoms with van der Waals surface area (Å²) in [7, 11) is 0. The van der Waals surface area contributed by atoms with Crippen LogP contribution < -0.4 is 5.32 Å². The molecule has 0 aliphatic heterocycles. The number of carbonyl (C=O) groups excluding carboxylic acids is 1. The first kappa shape index (κ1) is 9.77. The van der Waals surface area contributed by atoms with E-state index in [0.29, 0.717) is 0 Å². The second-order valence-corrected chi connectivity index (χ2v) is 3.52. The molecule has 4 heteroatoms. The molecule has 0 atom stereocenters. The Bertz CT molecular complexity index is 277. The zero-order valence-electron chi connectivity index (χ0n) is 7.76. The minimum absolute atomic E-state index is 0.0434. The maximum atomic E-state index is 11.4. The summed E-state index contributed by atoms with van der Waals surface area (Å²) in [6.45, 7) is 3.41. The first-order valence-corrected chi connectivity index (χ1v) is 4.20. The first-order valence-electron chi connectivity index (χ1n) is 4.20. The molecule has 1 saturated carbocycles. The second-order valence-electron chi connectivity index (χ2n) is 3.52. The Morgan fingerprint density at radius 2 is 2.00 bits per heavy atom. The summed E-state index contributed by atoms with van der Waals surface area (Å²) in [5, 5.41) is 11.0. The highest BCUT2D eigenvalue weighted by Crippen LogP contribution is 2.45. The van der Waals surface area contributed by atoms with Gasteiger partial charge in [0.25, 0.3) is 0 Å². The summed E-state index contributed by atoms with van der Waals surface area (Å²) in [5.41, 5.74) is -0.373. The van der Waals surface area contributed by atoms with Crippen molar-refractivity contribution < 1.29 is 14.7 Å². The van der Waals surface area contributed by atoms with Crippen LogP contribution >= 0.6 is 0 Å². The minimum atomic E-state index is -1.10. The molecular formula is C9H13NO3. The predicted octanol–water partition coefficient (Wildman–Crippen LogP) is 0.891. The van der Waals surface area contributed by atoms with Gasteiger partial charge in [0.2, 0.25) is 5.91 Å². The quantitative estimate of drug-likeness (QED) is 0.638. The summed E-state index contributed by atoms with van der Waals surface area (Å²) in [6.07, 6.45) is 3.07. The van der Waals surface area contributed by atoms with Crippen LogP contribution in [0.1, 0.15) is 26.7 Å². The number of aliphatic carboxylic acids is 1. The van der Waals surface area contributed by atoms with E-state index >= 15 is 0 Å². The molecule has 0 saturated heterocycles. The van der Waals surface area contributed by atoms with Gasteiger partial charge in [-0.05, 0) is 19.8 Å². The highest BCUT2D eigenvalue weighted by atomic mass is 16.4. The molecule has 0 radical (unpaired) electrons. The Hall–Kier alpha value is -1.32. The van der Waals surface area contributed by atoms with Gasteiger partial charge in [-0.25, -0.2) is 4.79 Å². The smallest absolute Gasteiger partial charge is 0.352 e. The summed E-state index contributed by atoms with van der Waals surface area (Å²) < 4.78 is 0. The molecule has 0 bridgehead atoms. The monoisotopic (exact) mass is 183 g/mol. The van der Waals surface area contributed by atoms with Gasteiger partial charge in [-0.3, -0.25) is 4.79 Å². The van der Waals surface area contributed by atoms with Gasteiger partial charge < -0.3 is 10.4 Å². The minimum Gasteiger partial charge on any atom is -0.477 e. The molecule has 13 heavy (non-hydrogen) atoms. The third-order valence-corrected chi connectivity index (χ3v) is 2.32. The molecule has 0 spiro atoms. The van der Waals surface area contributed by atoms with Gasteiger partial charge in [-0.1, -0.05) is 13.0 Å². The largest absolute Gasteiger partial charge is 0.477 e. The van der Waals surface area contributed by atoms with Crippen molar-refractivity contribution in [1.82, 2.24) is 5.32 Å². The lowest BCUT2D eigenvalue weighted by molar-refractivity contribution is -0.135. The number of hydrogen-bond donors (Lipinski definition) is 2. The number of rotatable bonds is 3. The number of carbonyl (C=O) groups is 2. The molecule has 0 aromatic carbocycles. The van der Waals surface area contributed by atoms with Gasteiger partial charge in [0.1, 0.15) is 5.70 Å². The van der Waals surface area contributed by atoms with E-state index < -0.39 is 5.97 Å². The highest BCUT2D eigenvalue weighted by Gasteiger charge is 2.45. The molecule has 72 valence electrons. The Morgan fingerprint density at radius 3 is 2.31 bits per heavy atom. The fourth-order valence-corrected chi connectivity index (χ4v) is 0.937.